The normalized spacial score (nSPS) is 12.4. The van der Waals surface area contributed by atoms with Crippen molar-refractivity contribution in [3.8, 4) is 0 Å². The van der Waals surface area contributed by atoms with Crippen LogP contribution in [0.4, 0.5) is 0 Å². The first-order valence-corrected chi connectivity index (χ1v) is 12.2. The monoisotopic (exact) mass is 436 g/mol. The van der Waals surface area contributed by atoms with Crippen molar-refractivity contribution >= 4 is 0 Å². The van der Waals surface area contributed by atoms with Crippen LogP contribution in [0.2, 0.25) is 0 Å². The van der Waals surface area contributed by atoms with E-state index in [0.717, 1.165) is 78.3 Å². The molecular weight excluding hydrogens is 384 g/mol. The highest BCUT2D eigenvalue weighted by Crippen LogP contribution is 2.11. The van der Waals surface area contributed by atoms with E-state index >= 15 is 0 Å². The van der Waals surface area contributed by atoms with Crippen molar-refractivity contribution in [3.63, 3.8) is 0 Å². The topological polar surface area (TPSA) is 86.2 Å². The van der Waals surface area contributed by atoms with Crippen molar-refractivity contribution in [1.82, 2.24) is 26.6 Å². The van der Waals surface area contributed by atoms with Gasteiger partial charge in [0.05, 0.1) is 0 Å². The number of rotatable bonds is 22. The van der Waals surface area contributed by atoms with Gasteiger partial charge in [0, 0.05) is 72.0 Å². The molecule has 6 nitrogen and oxygen atoms in total. The van der Waals surface area contributed by atoms with E-state index in [2.05, 4.69) is 72.5 Å². The molecule has 0 rings (SSSR count). The van der Waals surface area contributed by atoms with Crippen LogP contribution < -0.4 is 32.3 Å². The molecule has 0 aromatic carbocycles. The van der Waals surface area contributed by atoms with Gasteiger partial charge in [-0.15, -0.1) is 0 Å². The predicted octanol–water partition coefficient (Wildman–Crippen LogP) is 2.31. The summed E-state index contributed by atoms with van der Waals surface area (Å²) in [7, 11) is 0. The Balaban J connectivity index is 3.41. The maximum absolute atomic E-state index is 5.43. The van der Waals surface area contributed by atoms with Gasteiger partial charge in [0.15, 0.2) is 0 Å². The fourth-order valence-corrected chi connectivity index (χ4v) is 3.00. The summed E-state index contributed by atoms with van der Waals surface area (Å²) in [5.41, 5.74) is 9.83. The van der Waals surface area contributed by atoms with Gasteiger partial charge in [0.2, 0.25) is 0 Å². The number of hydrogen-bond donors (Lipinski definition) is 6. The summed E-state index contributed by atoms with van der Waals surface area (Å²) >= 11 is 0. The fraction of sp³-hybridized carbons (Fsp3) is 0.760. The molecule has 0 saturated heterocycles. The third-order valence-corrected chi connectivity index (χ3v) is 4.95. The Hall–Kier alpha value is -1.02. The van der Waals surface area contributed by atoms with Crippen LogP contribution in [0.1, 0.15) is 53.4 Å². The molecule has 0 aromatic heterocycles. The number of nitrogens with two attached hydrogens (primary N) is 1. The Morgan fingerprint density at radius 2 is 0.968 bits per heavy atom. The zero-order valence-corrected chi connectivity index (χ0v) is 20.9. The van der Waals surface area contributed by atoms with E-state index in [4.69, 9.17) is 5.73 Å². The zero-order valence-electron chi connectivity index (χ0n) is 20.9. The first kappa shape index (κ1) is 30.0. The van der Waals surface area contributed by atoms with Crippen LogP contribution in [0.3, 0.4) is 0 Å². The molecule has 0 heterocycles. The predicted molar refractivity (Wildman–Crippen MR) is 139 cm³/mol. The molecule has 0 bridgehead atoms. The summed E-state index contributed by atoms with van der Waals surface area (Å²) in [6.45, 7) is 19.4. The highest BCUT2D eigenvalue weighted by atomic mass is 15.0. The van der Waals surface area contributed by atoms with Gasteiger partial charge >= 0.3 is 0 Å². The second kappa shape index (κ2) is 23.6. The fourth-order valence-electron chi connectivity index (χ4n) is 3.00. The summed E-state index contributed by atoms with van der Waals surface area (Å²) in [6.07, 6.45) is 11.7. The van der Waals surface area contributed by atoms with Crippen molar-refractivity contribution in [2.45, 2.75) is 53.4 Å². The van der Waals surface area contributed by atoms with Crippen LogP contribution in [-0.2, 0) is 0 Å². The summed E-state index contributed by atoms with van der Waals surface area (Å²) in [4.78, 5) is 0. The highest BCUT2D eigenvalue weighted by molar-refractivity contribution is 5.05. The molecule has 0 saturated carbocycles. The molecule has 31 heavy (non-hydrogen) atoms. The summed E-state index contributed by atoms with van der Waals surface area (Å²) in [5, 5.41) is 17.1. The molecule has 0 amide bonds. The van der Waals surface area contributed by atoms with E-state index in [1.807, 2.05) is 0 Å². The van der Waals surface area contributed by atoms with Crippen LogP contribution in [0.15, 0.2) is 34.9 Å². The van der Waals surface area contributed by atoms with Gasteiger partial charge < -0.3 is 32.3 Å². The largest absolute Gasteiger partial charge is 0.329 e. The lowest BCUT2D eigenvalue weighted by Crippen LogP contribution is -2.37. The van der Waals surface area contributed by atoms with Crippen molar-refractivity contribution in [1.29, 1.82) is 0 Å². The number of hydrogen-bond acceptors (Lipinski definition) is 6. The lowest BCUT2D eigenvalue weighted by Gasteiger charge is -2.08. The molecule has 0 aromatic rings. The van der Waals surface area contributed by atoms with Gasteiger partial charge in [-0.2, -0.15) is 0 Å². The minimum atomic E-state index is 0.704. The van der Waals surface area contributed by atoms with E-state index in [-0.39, 0.29) is 0 Å². The van der Waals surface area contributed by atoms with E-state index in [0.29, 0.717) is 6.54 Å². The lowest BCUT2D eigenvalue weighted by atomic mass is 10.1. The molecule has 0 aliphatic carbocycles. The van der Waals surface area contributed by atoms with Crippen LogP contribution in [-0.4, -0.2) is 72.0 Å². The summed E-state index contributed by atoms with van der Waals surface area (Å²) in [5.74, 6) is 0. The maximum atomic E-state index is 5.43. The van der Waals surface area contributed by atoms with Crippen molar-refractivity contribution < 1.29 is 0 Å². The van der Waals surface area contributed by atoms with Crippen molar-refractivity contribution in [2.24, 2.45) is 5.73 Å². The zero-order chi connectivity index (χ0) is 23.0. The maximum Gasteiger partial charge on any atom is 0.0137 e. The summed E-state index contributed by atoms with van der Waals surface area (Å²) < 4.78 is 0. The quantitative estimate of drug-likeness (QED) is 0.115. The molecular formula is C25H52N6. The van der Waals surface area contributed by atoms with Crippen LogP contribution >= 0.6 is 0 Å². The molecule has 182 valence electrons. The Kier molecular flexibility index (Phi) is 22.9. The Morgan fingerprint density at radius 1 is 0.548 bits per heavy atom. The average Bonchev–Trinajstić information content (AvgIpc) is 2.73. The van der Waals surface area contributed by atoms with E-state index in [1.165, 1.54) is 29.6 Å². The highest BCUT2D eigenvalue weighted by Gasteiger charge is 1.93. The standard InChI is InChI=1S/C25H52N6/c1-23(2)7-5-8-24(3)9-6-10-25(4)11-13-27-15-17-29-19-21-31-22-20-30-18-16-28-14-12-26/h7,9,11,27-31H,5-6,8,10,12-22,26H2,1-4H3/b24-9-,25-11?. The minimum Gasteiger partial charge on any atom is -0.329 e. The van der Waals surface area contributed by atoms with Gasteiger partial charge in [0.1, 0.15) is 0 Å². The molecule has 0 fully saturated rings. The molecule has 0 radical (unpaired) electrons. The second-order valence-electron chi connectivity index (χ2n) is 8.45. The SMILES string of the molecule is CC(C)=CCC/C(C)=C\CCC(C)=CCNCCNCCNCCNCCNCCN. The lowest BCUT2D eigenvalue weighted by molar-refractivity contribution is 0.562. The van der Waals surface area contributed by atoms with Crippen molar-refractivity contribution in [3.05, 3.63) is 34.9 Å². The van der Waals surface area contributed by atoms with Gasteiger partial charge in [-0.1, -0.05) is 34.9 Å². The Bertz CT molecular complexity index is 480. The van der Waals surface area contributed by atoms with Crippen molar-refractivity contribution in [2.75, 3.05) is 72.0 Å². The Labute approximate surface area is 193 Å². The molecule has 0 unspecified atom stereocenters. The van der Waals surface area contributed by atoms with E-state index < -0.39 is 0 Å². The molecule has 0 aliphatic rings. The second-order valence-corrected chi connectivity index (χ2v) is 8.45. The minimum absolute atomic E-state index is 0.704. The van der Waals surface area contributed by atoms with Crippen LogP contribution in [0.5, 0.6) is 0 Å². The van der Waals surface area contributed by atoms with E-state index in [1.54, 1.807) is 0 Å². The molecule has 0 aliphatic heterocycles. The number of nitrogens with one attached hydrogen (secondary N) is 5. The van der Waals surface area contributed by atoms with Crippen LogP contribution in [0.25, 0.3) is 0 Å². The molecule has 6 heteroatoms. The average molecular weight is 437 g/mol. The van der Waals surface area contributed by atoms with Crippen LogP contribution in [0, 0.1) is 0 Å². The third-order valence-electron chi connectivity index (χ3n) is 4.95. The van der Waals surface area contributed by atoms with Gasteiger partial charge in [-0.25, -0.2) is 0 Å². The third kappa shape index (κ3) is 25.1. The molecule has 0 spiro atoms. The van der Waals surface area contributed by atoms with Gasteiger partial charge in [-0.05, 0) is 53.4 Å². The van der Waals surface area contributed by atoms with Gasteiger partial charge in [0.25, 0.3) is 0 Å². The number of allylic oxidation sites excluding steroid dienone is 5. The first-order valence-electron chi connectivity index (χ1n) is 12.2. The van der Waals surface area contributed by atoms with E-state index in [9.17, 15) is 0 Å². The molecule has 7 N–H and O–H groups in total. The first-order chi connectivity index (χ1) is 15.1. The molecule has 0 atom stereocenters. The smallest absolute Gasteiger partial charge is 0.0137 e. The Morgan fingerprint density at radius 3 is 1.45 bits per heavy atom. The van der Waals surface area contributed by atoms with Gasteiger partial charge in [-0.3, -0.25) is 0 Å². The summed E-state index contributed by atoms with van der Waals surface area (Å²) in [6, 6.07) is 0.